The summed E-state index contributed by atoms with van der Waals surface area (Å²) in [6.45, 7) is 3.36. The van der Waals surface area contributed by atoms with Crippen molar-refractivity contribution in [2.24, 2.45) is 17.8 Å². The van der Waals surface area contributed by atoms with E-state index in [0.717, 1.165) is 25.9 Å². The van der Waals surface area contributed by atoms with Crippen LogP contribution in [0.4, 0.5) is 0 Å². The van der Waals surface area contributed by atoms with Crippen LogP contribution in [0.15, 0.2) is 0 Å². The molecule has 0 radical (unpaired) electrons. The number of amides is 1. The molecule has 0 aromatic carbocycles. The van der Waals surface area contributed by atoms with Crippen LogP contribution in [0.3, 0.4) is 0 Å². The van der Waals surface area contributed by atoms with Gasteiger partial charge in [0.1, 0.15) is 0 Å². The van der Waals surface area contributed by atoms with E-state index in [9.17, 15) is 14.7 Å². The Morgan fingerprint density at radius 1 is 1.32 bits per heavy atom. The first kappa shape index (κ1) is 14.3. The van der Waals surface area contributed by atoms with Crippen LogP contribution in [0.25, 0.3) is 0 Å². The highest BCUT2D eigenvalue weighted by molar-refractivity contribution is 5.85. The van der Waals surface area contributed by atoms with Gasteiger partial charge in [-0.2, -0.15) is 0 Å². The minimum Gasteiger partial charge on any atom is -0.481 e. The number of nitrogens with one attached hydrogen (secondary N) is 1. The van der Waals surface area contributed by atoms with Gasteiger partial charge in [-0.25, -0.2) is 0 Å². The monoisotopic (exact) mass is 269 g/mol. The molecular weight excluding hydrogens is 246 g/mol. The zero-order valence-electron chi connectivity index (χ0n) is 11.4. The highest BCUT2D eigenvalue weighted by Crippen LogP contribution is 2.38. The summed E-state index contributed by atoms with van der Waals surface area (Å²) in [5.74, 6) is -1.46. The van der Waals surface area contributed by atoms with Crippen LogP contribution in [-0.4, -0.2) is 36.2 Å². The maximum Gasteiger partial charge on any atom is 0.307 e. The summed E-state index contributed by atoms with van der Waals surface area (Å²) in [4.78, 5) is 23.5. The lowest BCUT2D eigenvalue weighted by Crippen LogP contribution is -2.45. The zero-order chi connectivity index (χ0) is 13.8. The van der Waals surface area contributed by atoms with Crippen LogP contribution in [0.2, 0.25) is 0 Å². The second-order valence-electron chi connectivity index (χ2n) is 5.72. The van der Waals surface area contributed by atoms with Gasteiger partial charge in [0.2, 0.25) is 5.91 Å². The van der Waals surface area contributed by atoms with Crippen molar-refractivity contribution in [3.63, 3.8) is 0 Å². The van der Waals surface area contributed by atoms with Gasteiger partial charge in [-0.3, -0.25) is 9.59 Å². The standard InChI is InChI=1S/C14H23NO4/c1-2-9-6-11(12(7-9)14(17)18)13(16)15-10-4-3-5-19-8-10/h9-12H,2-8H2,1H3,(H,15,16)(H,17,18)/t9?,10?,11-,12+/m0/s1. The van der Waals surface area contributed by atoms with Crippen molar-refractivity contribution >= 4 is 11.9 Å². The molecule has 2 N–H and O–H groups in total. The van der Waals surface area contributed by atoms with E-state index in [0.29, 0.717) is 25.4 Å². The van der Waals surface area contributed by atoms with Crippen molar-refractivity contribution in [2.45, 2.75) is 45.1 Å². The van der Waals surface area contributed by atoms with Gasteiger partial charge in [-0.1, -0.05) is 13.3 Å². The Labute approximate surface area is 113 Å². The summed E-state index contributed by atoms with van der Waals surface area (Å²) in [6.07, 6.45) is 4.15. The molecule has 0 bridgehead atoms. The molecule has 0 aromatic rings. The molecule has 2 unspecified atom stereocenters. The lowest BCUT2D eigenvalue weighted by Gasteiger charge is -2.25. The largest absolute Gasteiger partial charge is 0.481 e. The molecule has 1 heterocycles. The summed E-state index contributed by atoms with van der Waals surface area (Å²) in [7, 11) is 0. The van der Waals surface area contributed by atoms with E-state index < -0.39 is 11.9 Å². The number of carbonyl (C=O) groups excluding carboxylic acids is 1. The summed E-state index contributed by atoms with van der Waals surface area (Å²) >= 11 is 0. The maximum atomic E-state index is 12.3. The minimum absolute atomic E-state index is 0.0522. The molecule has 2 aliphatic rings. The van der Waals surface area contributed by atoms with Crippen molar-refractivity contribution in [1.29, 1.82) is 0 Å². The average Bonchev–Trinajstić information content (AvgIpc) is 2.84. The van der Waals surface area contributed by atoms with Gasteiger partial charge in [0.25, 0.3) is 0 Å². The molecule has 5 nitrogen and oxygen atoms in total. The number of hydrogen-bond acceptors (Lipinski definition) is 3. The maximum absolute atomic E-state index is 12.3. The van der Waals surface area contributed by atoms with Gasteiger partial charge in [-0.15, -0.1) is 0 Å². The van der Waals surface area contributed by atoms with E-state index in [1.807, 2.05) is 0 Å². The molecule has 1 aliphatic carbocycles. The van der Waals surface area contributed by atoms with Crippen LogP contribution in [-0.2, 0) is 14.3 Å². The van der Waals surface area contributed by atoms with E-state index in [1.165, 1.54) is 0 Å². The number of rotatable bonds is 4. The van der Waals surface area contributed by atoms with Gasteiger partial charge < -0.3 is 15.2 Å². The van der Waals surface area contributed by atoms with Gasteiger partial charge in [0.15, 0.2) is 0 Å². The number of carboxylic acids is 1. The molecule has 19 heavy (non-hydrogen) atoms. The summed E-state index contributed by atoms with van der Waals surface area (Å²) < 4.78 is 5.33. The molecule has 1 amide bonds. The Kier molecular flexibility index (Phi) is 4.80. The highest BCUT2D eigenvalue weighted by atomic mass is 16.5. The molecule has 1 saturated carbocycles. The van der Waals surface area contributed by atoms with Crippen molar-refractivity contribution in [1.82, 2.24) is 5.32 Å². The first-order valence-electron chi connectivity index (χ1n) is 7.22. The lowest BCUT2D eigenvalue weighted by atomic mass is 9.95. The van der Waals surface area contributed by atoms with E-state index in [4.69, 9.17) is 4.74 Å². The SMILES string of the molecule is CCC1C[C@H](C(=O)NC2CCCOC2)[C@H](C(=O)O)C1. The third-order valence-corrected chi connectivity index (χ3v) is 4.40. The van der Waals surface area contributed by atoms with Crippen molar-refractivity contribution in [3.8, 4) is 0 Å². The summed E-state index contributed by atoms with van der Waals surface area (Å²) in [5, 5.41) is 12.2. The second-order valence-corrected chi connectivity index (χ2v) is 5.72. The predicted octanol–water partition coefficient (Wildman–Crippen LogP) is 1.42. The number of ether oxygens (including phenoxy) is 1. The van der Waals surface area contributed by atoms with Crippen LogP contribution in [0.5, 0.6) is 0 Å². The molecule has 0 spiro atoms. The normalized spacial score (nSPS) is 35.0. The van der Waals surface area contributed by atoms with E-state index in [2.05, 4.69) is 12.2 Å². The number of carboxylic acid groups (broad SMARTS) is 1. The predicted molar refractivity (Wildman–Crippen MR) is 69.6 cm³/mol. The van der Waals surface area contributed by atoms with E-state index >= 15 is 0 Å². The zero-order valence-corrected chi connectivity index (χ0v) is 11.4. The molecule has 2 rings (SSSR count). The Balaban J connectivity index is 1.94. The Morgan fingerprint density at radius 2 is 2.05 bits per heavy atom. The van der Waals surface area contributed by atoms with Crippen LogP contribution in [0.1, 0.15) is 39.0 Å². The van der Waals surface area contributed by atoms with Gasteiger partial charge in [-0.05, 0) is 31.6 Å². The molecule has 5 heteroatoms. The Hall–Kier alpha value is -1.10. The molecule has 1 aliphatic heterocycles. The molecule has 1 saturated heterocycles. The average molecular weight is 269 g/mol. The number of aliphatic carboxylic acids is 1. The second kappa shape index (κ2) is 6.37. The van der Waals surface area contributed by atoms with Gasteiger partial charge >= 0.3 is 5.97 Å². The fourth-order valence-electron chi connectivity index (χ4n) is 3.20. The Morgan fingerprint density at radius 3 is 2.63 bits per heavy atom. The van der Waals surface area contributed by atoms with Gasteiger partial charge in [0.05, 0.1) is 24.5 Å². The molecule has 108 valence electrons. The quantitative estimate of drug-likeness (QED) is 0.809. The molecular formula is C14H23NO4. The Bertz CT molecular complexity index is 338. The first-order valence-corrected chi connectivity index (χ1v) is 7.22. The van der Waals surface area contributed by atoms with Crippen LogP contribution >= 0.6 is 0 Å². The third-order valence-electron chi connectivity index (χ3n) is 4.40. The van der Waals surface area contributed by atoms with Crippen molar-refractivity contribution in [3.05, 3.63) is 0 Å². The minimum atomic E-state index is -0.837. The summed E-state index contributed by atoms with van der Waals surface area (Å²) in [6, 6.07) is 0.0522. The van der Waals surface area contributed by atoms with Crippen LogP contribution in [0, 0.1) is 17.8 Å². The number of hydrogen-bond donors (Lipinski definition) is 2. The molecule has 4 atom stereocenters. The highest BCUT2D eigenvalue weighted by Gasteiger charge is 2.42. The van der Waals surface area contributed by atoms with Crippen molar-refractivity contribution in [2.75, 3.05) is 13.2 Å². The molecule has 2 fully saturated rings. The lowest BCUT2D eigenvalue weighted by molar-refractivity contribution is -0.146. The molecule has 0 aromatic heterocycles. The third kappa shape index (κ3) is 3.47. The fraction of sp³-hybridized carbons (Fsp3) is 0.857. The fourth-order valence-corrected chi connectivity index (χ4v) is 3.20. The first-order chi connectivity index (χ1) is 9.11. The van der Waals surface area contributed by atoms with E-state index in [-0.39, 0.29) is 17.9 Å². The number of carbonyl (C=O) groups is 2. The van der Waals surface area contributed by atoms with Crippen LogP contribution < -0.4 is 5.32 Å². The topological polar surface area (TPSA) is 75.6 Å². The van der Waals surface area contributed by atoms with Crippen molar-refractivity contribution < 1.29 is 19.4 Å². The van der Waals surface area contributed by atoms with E-state index in [1.54, 1.807) is 0 Å². The smallest absolute Gasteiger partial charge is 0.307 e. The van der Waals surface area contributed by atoms with Gasteiger partial charge in [0, 0.05) is 6.61 Å². The summed E-state index contributed by atoms with van der Waals surface area (Å²) in [5.41, 5.74) is 0.